The molecule has 0 fully saturated rings. The van der Waals surface area contributed by atoms with Crippen molar-refractivity contribution in [1.82, 2.24) is 0 Å². The third kappa shape index (κ3) is 5.60. The molecular weight excluding hydrogens is 355 g/mol. The monoisotopic (exact) mass is 371 g/mol. The minimum absolute atomic E-state index is 0.0202. The van der Waals surface area contributed by atoms with Gasteiger partial charge in [0, 0.05) is 22.2 Å². The highest BCUT2D eigenvalue weighted by Crippen LogP contribution is 2.36. The van der Waals surface area contributed by atoms with Gasteiger partial charge in [-0.25, -0.2) is 0 Å². The summed E-state index contributed by atoms with van der Waals surface area (Å²) in [5.74, 6) is 0.586. The molecule has 0 aromatic heterocycles. The fourth-order valence-electron chi connectivity index (χ4n) is 2.03. The van der Waals surface area contributed by atoms with Gasteiger partial charge >= 0.3 is 5.51 Å². The van der Waals surface area contributed by atoms with Gasteiger partial charge in [0.05, 0.1) is 13.7 Å². The van der Waals surface area contributed by atoms with Gasteiger partial charge in [-0.1, -0.05) is 0 Å². The molecule has 134 valence electrons. The van der Waals surface area contributed by atoms with Gasteiger partial charge in [-0.15, -0.1) is 0 Å². The van der Waals surface area contributed by atoms with Gasteiger partial charge in [0.2, 0.25) is 0 Å². The average Bonchev–Trinajstić information content (AvgIpc) is 2.55. The third-order valence-corrected chi connectivity index (χ3v) is 3.81. The van der Waals surface area contributed by atoms with Crippen LogP contribution in [0.15, 0.2) is 47.4 Å². The van der Waals surface area contributed by atoms with Crippen molar-refractivity contribution in [3.63, 3.8) is 0 Å². The summed E-state index contributed by atoms with van der Waals surface area (Å²) in [4.78, 5) is 12.2. The summed E-state index contributed by atoms with van der Waals surface area (Å²) in [6.07, 6.45) is 0. The number of anilines is 1. The summed E-state index contributed by atoms with van der Waals surface area (Å²) in [6, 6.07) is 10.1. The molecule has 0 aliphatic heterocycles. The highest BCUT2D eigenvalue weighted by Gasteiger charge is 2.29. The van der Waals surface area contributed by atoms with Gasteiger partial charge in [-0.05, 0) is 55.1 Å². The molecule has 0 heterocycles. The van der Waals surface area contributed by atoms with Gasteiger partial charge in [0.15, 0.2) is 11.5 Å². The van der Waals surface area contributed by atoms with Crippen LogP contribution in [0.4, 0.5) is 18.9 Å². The fourth-order valence-corrected chi connectivity index (χ4v) is 2.57. The van der Waals surface area contributed by atoms with Crippen molar-refractivity contribution < 1.29 is 27.4 Å². The van der Waals surface area contributed by atoms with Crippen molar-refractivity contribution in [1.29, 1.82) is 0 Å². The van der Waals surface area contributed by atoms with Crippen LogP contribution in [0, 0.1) is 0 Å². The Morgan fingerprint density at radius 3 is 2.36 bits per heavy atom. The first-order valence-electron chi connectivity index (χ1n) is 7.30. The molecule has 0 aliphatic rings. The number of halogens is 3. The molecule has 0 bridgehead atoms. The van der Waals surface area contributed by atoms with Crippen molar-refractivity contribution in [3.05, 3.63) is 48.0 Å². The molecule has 0 atom stereocenters. The van der Waals surface area contributed by atoms with Crippen LogP contribution in [-0.4, -0.2) is 25.1 Å². The Hall–Kier alpha value is -2.35. The van der Waals surface area contributed by atoms with E-state index < -0.39 is 11.4 Å². The standard InChI is InChI=1S/C17H16F3NO3S/c1-3-24-14-9-6-12(10-15(14)23-2)21-16(22)11-4-7-13(8-5-11)25-17(18,19)20/h4-10H,3H2,1-2H3,(H,21,22). The van der Waals surface area contributed by atoms with Gasteiger partial charge in [0.1, 0.15) is 0 Å². The SMILES string of the molecule is CCOc1ccc(NC(=O)c2ccc(SC(F)(F)F)cc2)cc1OC. The number of carbonyl (C=O) groups excluding carboxylic acids is 1. The number of hydrogen-bond acceptors (Lipinski definition) is 4. The van der Waals surface area contributed by atoms with Crippen LogP contribution in [0.5, 0.6) is 11.5 Å². The van der Waals surface area contributed by atoms with Gasteiger partial charge in [-0.2, -0.15) is 13.2 Å². The molecule has 1 amide bonds. The van der Waals surface area contributed by atoms with Crippen LogP contribution < -0.4 is 14.8 Å². The Morgan fingerprint density at radius 2 is 1.80 bits per heavy atom. The van der Waals surface area contributed by atoms with Crippen LogP contribution in [0.2, 0.25) is 0 Å². The maximum atomic E-state index is 12.3. The van der Waals surface area contributed by atoms with Crippen LogP contribution in [0.3, 0.4) is 0 Å². The number of benzene rings is 2. The lowest BCUT2D eigenvalue weighted by molar-refractivity contribution is -0.0328. The first kappa shape index (κ1) is 19.0. The molecule has 0 unspecified atom stereocenters. The van der Waals surface area contributed by atoms with Crippen molar-refractivity contribution in [2.45, 2.75) is 17.3 Å². The van der Waals surface area contributed by atoms with E-state index in [-0.39, 0.29) is 22.2 Å². The highest BCUT2D eigenvalue weighted by atomic mass is 32.2. The van der Waals surface area contributed by atoms with Crippen LogP contribution in [0.1, 0.15) is 17.3 Å². The number of rotatable bonds is 6. The van der Waals surface area contributed by atoms with Crippen LogP contribution >= 0.6 is 11.8 Å². The number of hydrogen-bond donors (Lipinski definition) is 1. The van der Waals surface area contributed by atoms with Crippen molar-refractivity contribution in [2.75, 3.05) is 19.0 Å². The van der Waals surface area contributed by atoms with E-state index in [9.17, 15) is 18.0 Å². The zero-order chi connectivity index (χ0) is 18.4. The summed E-state index contributed by atoms with van der Waals surface area (Å²) < 4.78 is 47.5. The lowest BCUT2D eigenvalue weighted by atomic mass is 10.2. The number of thioether (sulfide) groups is 1. The number of amides is 1. The second-order valence-corrected chi connectivity index (χ2v) is 5.96. The van der Waals surface area contributed by atoms with E-state index in [1.165, 1.54) is 31.4 Å². The van der Waals surface area contributed by atoms with Gasteiger partial charge in [-0.3, -0.25) is 4.79 Å². The molecule has 4 nitrogen and oxygen atoms in total. The molecule has 0 radical (unpaired) electrons. The molecule has 2 rings (SSSR count). The summed E-state index contributed by atoms with van der Waals surface area (Å²) in [7, 11) is 1.49. The van der Waals surface area contributed by atoms with Gasteiger partial charge in [0.25, 0.3) is 5.91 Å². The van der Waals surface area contributed by atoms with E-state index in [0.29, 0.717) is 23.8 Å². The molecule has 0 aliphatic carbocycles. The van der Waals surface area contributed by atoms with E-state index in [2.05, 4.69) is 5.32 Å². The molecular formula is C17H16F3NO3S. The molecule has 8 heteroatoms. The maximum Gasteiger partial charge on any atom is 0.446 e. The fraction of sp³-hybridized carbons (Fsp3) is 0.235. The minimum atomic E-state index is -4.36. The average molecular weight is 371 g/mol. The summed E-state index contributed by atoms with van der Waals surface area (Å²) >= 11 is -0.226. The quantitative estimate of drug-likeness (QED) is 0.730. The molecule has 0 saturated heterocycles. The van der Waals surface area contributed by atoms with E-state index in [1.54, 1.807) is 18.2 Å². The Labute approximate surface area is 147 Å². The number of nitrogens with one attached hydrogen (secondary N) is 1. The number of alkyl halides is 3. The first-order chi connectivity index (χ1) is 11.8. The third-order valence-electron chi connectivity index (χ3n) is 3.07. The molecule has 2 aromatic carbocycles. The Morgan fingerprint density at radius 1 is 1.12 bits per heavy atom. The summed E-state index contributed by atoms with van der Waals surface area (Å²) in [6.45, 7) is 2.32. The molecule has 0 spiro atoms. The van der Waals surface area contributed by atoms with Crippen molar-refractivity contribution in [2.24, 2.45) is 0 Å². The maximum absolute atomic E-state index is 12.3. The van der Waals surface area contributed by atoms with E-state index >= 15 is 0 Å². The number of methoxy groups -OCH3 is 1. The van der Waals surface area contributed by atoms with Crippen molar-refractivity contribution >= 4 is 23.4 Å². The van der Waals surface area contributed by atoms with E-state index in [0.717, 1.165) is 0 Å². The Kier molecular flexibility index (Phi) is 6.19. The van der Waals surface area contributed by atoms with Crippen LogP contribution in [-0.2, 0) is 0 Å². The normalized spacial score (nSPS) is 11.1. The first-order valence-corrected chi connectivity index (χ1v) is 8.12. The topological polar surface area (TPSA) is 47.6 Å². The predicted molar refractivity (Wildman–Crippen MR) is 90.5 cm³/mol. The number of ether oxygens (including phenoxy) is 2. The Balaban J connectivity index is 2.09. The minimum Gasteiger partial charge on any atom is -0.493 e. The Bertz CT molecular complexity index is 733. The molecule has 1 N–H and O–H groups in total. The smallest absolute Gasteiger partial charge is 0.446 e. The van der Waals surface area contributed by atoms with E-state index in [1.807, 2.05) is 6.92 Å². The molecule has 2 aromatic rings. The molecule has 25 heavy (non-hydrogen) atoms. The summed E-state index contributed by atoms with van der Waals surface area (Å²) in [5, 5.41) is 2.67. The zero-order valence-corrected chi connectivity index (χ0v) is 14.3. The predicted octanol–water partition coefficient (Wildman–Crippen LogP) is 4.96. The summed E-state index contributed by atoms with van der Waals surface area (Å²) in [5.41, 5.74) is -3.62. The second kappa shape index (κ2) is 8.15. The largest absolute Gasteiger partial charge is 0.493 e. The second-order valence-electron chi connectivity index (χ2n) is 4.82. The van der Waals surface area contributed by atoms with Crippen molar-refractivity contribution in [3.8, 4) is 11.5 Å². The van der Waals surface area contributed by atoms with Gasteiger partial charge < -0.3 is 14.8 Å². The highest BCUT2D eigenvalue weighted by molar-refractivity contribution is 8.00. The van der Waals surface area contributed by atoms with Crippen LogP contribution in [0.25, 0.3) is 0 Å². The lowest BCUT2D eigenvalue weighted by Gasteiger charge is -2.12. The van der Waals surface area contributed by atoms with E-state index in [4.69, 9.17) is 9.47 Å². The number of carbonyl (C=O) groups is 1. The zero-order valence-electron chi connectivity index (χ0n) is 13.5. The lowest BCUT2D eigenvalue weighted by Crippen LogP contribution is -2.12. The molecule has 0 saturated carbocycles.